The van der Waals surface area contributed by atoms with Crippen molar-refractivity contribution in [2.75, 3.05) is 0 Å². The summed E-state index contributed by atoms with van der Waals surface area (Å²) in [6, 6.07) is 10.9. The number of unbranched alkanes of at least 4 members (excludes halogenated alkanes) is 1. The van der Waals surface area contributed by atoms with Crippen molar-refractivity contribution in [3.05, 3.63) is 71.1 Å². The molecule has 4 heteroatoms. The van der Waals surface area contributed by atoms with Crippen LogP contribution < -0.4 is 0 Å². The number of aryl methyl sites for hydroxylation is 2. The number of nitrogens with zero attached hydrogens (tertiary/aromatic N) is 2. The fraction of sp³-hybridized carbons (Fsp3) is 0.513. The van der Waals surface area contributed by atoms with Gasteiger partial charge in [-0.3, -0.25) is 0 Å². The van der Waals surface area contributed by atoms with Crippen molar-refractivity contribution < 1.29 is 3.98 Å². The van der Waals surface area contributed by atoms with E-state index in [0.717, 1.165) is 62.1 Å². The van der Waals surface area contributed by atoms with Gasteiger partial charge >= 0.3 is 0 Å². The number of hydrogen-bond donors (Lipinski definition) is 0. The Morgan fingerprint density at radius 1 is 0.953 bits per heavy atom. The molecule has 0 bridgehead atoms. The van der Waals surface area contributed by atoms with E-state index in [1.54, 1.807) is 0 Å². The number of fused-ring (bicyclic) bond motifs is 4. The smallest absolute Gasteiger partial charge is 0.238 e. The van der Waals surface area contributed by atoms with Gasteiger partial charge in [0.2, 0.25) is 5.70 Å². The van der Waals surface area contributed by atoms with Crippen LogP contribution in [0.1, 0.15) is 134 Å². The summed E-state index contributed by atoms with van der Waals surface area (Å²) in [5.41, 5.74) is 9.15. The number of benzene rings is 1. The highest BCUT2D eigenvalue weighted by atomic mass is 35.5. The Morgan fingerprint density at radius 2 is 1.58 bits per heavy atom. The van der Waals surface area contributed by atoms with Crippen LogP contribution in [0.15, 0.2) is 43.0 Å². The molecule has 2 aromatic rings. The van der Waals surface area contributed by atoms with E-state index in [1.165, 1.54) is 46.6 Å². The zero-order valence-electron chi connectivity index (χ0n) is 27.9. The number of halogens is 1. The minimum Gasteiger partial charge on any atom is -0.238 e. The molecule has 1 aromatic carbocycles. The van der Waals surface area contributed by atoms with E-state index in [-0.39, 0.29) is 10.8 Å². The molecule has 2 nitrogen and oxygen atoms in total. The van der Waals surface area contributed by atoms with Gasteiger partial charge in [0.1, 0.15) is 0 Å². The summed E-state index contributed by atoms with van der Waals surface area (Å²) in [5.74, 6) is 7.38. The molecule has 0 N–H and O–H groups in total. The summed E-state index contributed by atoms with van der Waals surface area (Å²) in [7, 11) is -2.20. The van der Waals surface area contributed by atoms with Crippen LogP contribution in [0, 0.1) is 47.0 Å². The van der Waals surface area contributed by atoms with E-state index in [0.29, 0.717) is 0 Å². The molecule has 2 aliphatic heterocycles. The van der Waals surface area contributed by atoms with Crippen LogP contribution in [0.2, 0.25) is 0 Å². The molecule has 2 aliphatic rings. The van der Waals surface area contributed by atoms with E-state index >= 15 is 0 Å². The van der Waals surface area contributed by atoms with Crippen molar-refractivity contribution in [3.8, 4) is 22.3 Å². The number of aromatic nitrogens is 1. The van der Waals surface area contributed by atoms with E-state index < -0.39 is 10.4 Å². The lowest BCUT2D eigenvalue weighted by Gasteiger charge is -2.34. The number of hydrogen-bond acceptors (Lipinski definition) is 0. The van der Waals surface area contributed by atoms with Crippen LogP contribution in [0.3, 0.4) is 0 Å². The van der Waals surface area contributed by atoms with Gasteiger partial charge in [0.05, 0.1) is 22.4 Å². The Labute approximate surface area is 269 Å². The predicted molar refractivity (Wildman–Crippen MR) is 191 cm³/mol. The molecular weight excluding hydrogens is 564 g/mol. The van der Waals surface area contributed by atoms with Gasteiger partial charge < -0.3 is 0 Å². The van der Waals surface area contributed by atoms with Crippen LogP contribution >= 0.6 is 22.0 Å². The first kappa shape index (κ1) is 33.3. The lowest BCUT2D eigenvalue weighted by atomic mass is 9.84. The third kappa shape index (κ3) is 6.75. The Hall–Kier alpha value is -2.59. The first-order valence-electron chi connectivity index (χ1n) is 16.2. The van der Waals surface area contributed by atoms with Crippen LogP contribution in [0.25, 0.3) is 11.3 Å². The Morgan fingerprint density at radius 3 is 2.19 bits per heavy atom. The van der Waals surface area contributed by atoms with Crippen LogP contribution in [0.5, 0.6) is 0 Å². The van der Waals surface area contributed by atoms with Gasteiger partial charge in [-0.05, 0) is 98.6 Å². The van der Waals surface area contributed by atoms with Crippen molar-refractivity contribution in [2.45, 2.75) is 120 Å². The maximum absolute atomic E-state index is 7.45. The first-order valence-corrected chi connectivity index (χ1v) is 18.1. The lowest BCUT2D eigenvalue weighted by Crippen LogP contribution is -2.28. The standard InChI is InChI=1S/C39H52ClN2S/c1-10-13-14-23-34-35-30(4)29-31(5)41(35)43(27-19-17-25-38(6,7)12-3,28-20-18-26-39(8,9)24-11-2)42-36(34)32-21-15-16-22-33(32)37(42)40/h10,15-16,21-22,29H,1,11-14,17-18,23-26H2,2-9H3/q+1. The SMILES string of the molecule is C=CCCCC1=C2c3ccccc3C(Cl)=[N+]2S(C#CCCC(C)(C)CC)(C#CCCC(C)(C)CCC)n2c(C)cc(C)c21. The van der Waals surface area contributed by atoms with Gasteiger partial charge in [-0.2, -0.15) is 0 Å². The van der Waals surface area contributed by atoms with Gasteiger partial charge in [-0.1, -0.05) is 88.4 Å². The van der Waals surface area contributed by atoms with Crippen LogP contribution in [0.4, 0.5) is 0 Å². The fourth-order valence-electron chi connectivity index (χ4n) is 6.34. The monoisotopic (exact) mass is 615 g/mol. The summed E-state index contributed by atoms with van der Waals surface area (Å²) in [4.78, 5) is 0. The van der Waals surface area contributed by atoms with Crippen molar-refractivity contribution in [1.82, 2.24) is 3.97 Å². The molecule has 0 amide bonds. The molecule has 1 aromatic heterocycles. The van der Waals surface area contributed by atoms with Gasteiger partial charge in [0, 0.05) is 29.0 Å². The Balaban J connectivity index is 1.99. The molecule has 0 spiro atoms. The molecule has 3 heterocycles. The zero-order chi connectivity index (χ0) is 31.4. The summed E-state index contributed by atoms with van der Waals surface area (Å²) in [6.07, 6.45) is 12.4. The molecule has 43 heavy (non-hydrogen) atoms. The van der Waals surface area contributed by atoms with Crippen molar-refractivity contribution in [3.63, 3.8) is 0 Å². The second-order valence-electron chi connectivity index (χ2n) is 13.8. The number of allylic oxidation sites excluding steroid dienone is 2. The second-order valence-corrected chi connectivity index (χ2v) is 16.4. The second kappa shape index (κ2) is 13.6. The van der Waals surface area contributed by atoms with Crippen LogP contribution in [-0.4, -0.2) is 13.1 Å². The average Bonchev–Trinajstić information content (AvgIpc) is 3.44. The molecule has 0 aliphatic carbocycles. The normalized spacial score (nSPS) is 19.0. The fourth-order valence-corrected chi connectivity index (χ4v) is 9.87. The van der Waals surface area contributed by atoms with Crippen LogP contribution in [-0.2, 0) is 0 Å². The largest absolute Gasteiger partial charge is 0.298 e. The molecule has 0 fully saturated rings. The topological polar surface area (TPSA) is 7.94 Å². The summed E-state index contributed by atoms with van der Waals surface area (Å²) in [6.45, 7) is 22.4. The molecule has 1 unspecified atom stereocenters. The zero-order valence-corrected chi connectivity index (χ0v) is 29.5. The van der Waals surface area contributed by atoms with Gasteiger partial charge in [0.15, 0.2) is 10.4 Å². The first-order chi connectivity index (χ1) is 20.4. The maximum atomic E-state index is 7.45. The number of rotatable bonds is 11. The molecule has 1 atom stereocenters. The molecule has 230 valence electrons. The molecule has 0 saturated carbocycles. The summed E-state index contributed by atoms with van der Waals surface area (Å²) >= 11 is 7.45. The third-order valence-electron chi connectivity index (χ3n) is 9.21. The highest BCUT2D eigenvalue weighted by molar-refractivity contribution is 8.35. The Kier molecular flexibility index (Phi) is 10.5. The summed E-state index contributed by atoms with van der Waals surface area (Å²) in [5, 5.41) is 8.52. The molecule has 4 rings (SSSR count). The van der Waals surface area contributed by atoms with E-state index in [9.17, 15) is 0 Å². The highest BCUT2D eigenvalue weighted by Crippen LogP contribution is 2.62. The van der Waals surface area contributed by atoms with E-state index in [2.05, 4.69) is 123 Å². The quantitative estimate of drug-likeness (QED) is 0.103. The predicted octanol–water partition coefficient (Wildman–Crippen LogP) is 11.6. The minimum absolute atomic E-state index is 0.266. The van der Waals surface area contributed by atoms with Crippen molar-refractivity contribution in [1.29, 1.82) is 0 Å². The highest BCUT2D eigenvalue weighted by Gasteiger charge is 2.53. The van der Waals surface area contributed by atoms with Gasteiger partial charge in [0.25, 0.3) is 5.17 Å². The molecular formula is C39H52ClN2S+. The average molecular weight is 616 g/mol. The van der Waals surface area contributed by atoms with Gasteiger partial charge in [-0.15, -0.1) is 6.58 Å². The van der Waals surface area contributed by atoms with Crippen molar-refractivity contribution >= 4 is 38.4 Å². The Bertz CT molecular complexity index is 1560. The molecule has 0 radical (unpaired) electrons. The van der Waals surface area contributed by atoms with Crippen molar-refractivity contribution in [2.24, 2.45) is 10.8 Å². The van der Waals surface area contributed by atoms with E-state index in [4.69, 9.17) is 11.6 Å². The maximum Gasteiger partial charge on any atom is 0.298 e. The summed E-state index contributed by atoms with van der Waals surface area (Å²) < 4.78 is 4.86. The minimum atomic E-state index is -2.20. The van der Waals surface area contributed by atoms with E-state index in [1.807, 2.05) is 6.08 Å². The van der Waals surface area contributed by atoms with Gasteiger partial charge in [-0.25, -0.2) is 3.97 Å². The third-order valence-corrected chi connectivity index (χ3v) is 12.4. The lowest BCUT2D eigenvalue weighted by molar-refractivity contribution is -0.230. The molecule has 0 saturated heterocycles.